The third-order valence-corrected chi connectivity index (χ3v) is 5.93. The summed E-state index contributed by atoms with van der Waals surface area (Å²) in [4.78, 5) is 35.3. The van der Waals surface area contributed by atoms with Crippen LogP contribution in [0.25, 0.3) is 10.2 Å². The lowest BCUT2D eigenvalue weighted by Crippen LogP contribution is -2.37. The number of hydrogen-bond acceptors (Lipinski definition) is 8. The van der Waals surface area contributed by atoms with Crippen LogP contribution in [-0.4, -0.2) is 60.4 Å². The first kappa shape index (κ1) is 19.8. The third-order valence-electron chi connectivity index (χ3n) is 4.59. The molecule has 1 aliphatic rings. The molecule has 0 saturated carbocycles. The molecule has 3 heterocycles. The van der Waals surface area contributed by atoms with E-state index in [1.165, 1.54) is 18.4 Å². The zero-order chi connectivity index (χ0) is 19.6. The summed E-state index contributed by atoms with van der Waals surface area (Å²) in [5.74, 6) is -0.907. The van der Waals surface area contributed by atoms with E-state index in [2.05, 4.69) is 9.97 Å². The largest absolute Gasteiger partial charge is 0.481 e. The second-order valence-corrected chi connectivity index (χ2v) is 7.62. The maximum atomic E-state index is 12.4. The van der Waals surface area contributed by atoms with E-state index in [0.717, 1.165) is 10.9 Å². The van der Waals surface area contributed by atoms with E-state index in [1.807, 2.05) is 11.8 Å². The quantitative estimate of drug-likeness (QED) is 0.438. The number of anilines is 1. The number of aryl methyl sites for hydroxylation is 1. The van der Waals surface area contributed by atoms with Crippen LogP contribution in [-0.2, 0) is 14.3 Å². The van der Waals surface area contributed by atoms with Gasteiger partial charge in [0.25, 0.3) is 0 Å². The van der Waals surface area contributed by atoms with Crippen molar-refractivity contribution in [3.63, 3.8) is 0 Å². The normalized spacial score (nSPS) is 15.3. The number of carbonyl (C=O) groups excluding carboxylic acids is 1. The average molecular weight is 414 g/mol. The summed E-state index contributed by atoms with van der Waals surface area (Å²) in [7, 11) is 1.54. The summed E-state index contributed by atoms with van der Waals surface area (Å²) < 4.78 is 10.1. The number of esters is 1. The average Bonchev–Trinajstić information content (AvgIpc) is 2.97. The summed E-state index contributed by atoms with van der Waals surface area (Å²) in [5.41, 5.74) is 0.740. The monoisotopic (exact) mass is 413 g/mol. The molecule has 2 aromatic heterocycles. The van der Waals surface area contributed by atoms with Crippen molar-refractivity contribution >= 4 is 50.9 Å². The molecule has 0 aromatic carbocycles. The van der Waals surface area contributed by atoms with Crippen LogP contribution in [0.3, 0.4) is 0 Å². The first-order valence-corrected chi connectivity index (χ1v) is 9.72. The van der Waals surface area contributed by atoms with Gasteiger partial charge in [-0.05, 0) is 36.9 Å². The van der Waals surface area contributed by atoms with Crippen molar-refractivity contribution in [3.05, 3.63) is 15.7 Å². The SMILES string of the molecule is COCCOC(=O)c1sc2nc(Cl)nc(N3CCC(C(=O)O)CC3)c2c1C. The Morgan fingerprint density at radius 2 is 2.00 bits per heavy atom. The van der Waals surface area contributed by atoms with Crippen molar-refractivity contribution in [1.29, 1.82) is 0 Å². The van der Waals surface area contributed by atoms with E-state index in [9.17, 15) is 14.7 Å². The first-order chi connectivity index (χ1) is 12.9. The van der Waals surface area contributed by atoms with Crippen LogP contribution in [0.2, 0.25) is 5.28 Å². The van der Waals surface area contributed by atoms with Crippen LogP contribution < -0.4 is 4.90 Å². The lowest BCUT2D eigenvalue weighted by Gasteiger charge is -2.31. The molecule has 0 radical (unpaired) electrons. The van der Waals surface area contributed by atoms with Gasteiger partial charge in [0.1, 0.15) is 22.1 Å². The second kappa shape index (κ2) is 8.37. The Hall–Kier alpha value is -1.97. The summed E-state index contributed by atoms with van der Waals surface area (Å²) in [6.07, 6.45) is 1.07. The van der Waals surface area contributed by atoms with Gasteiger partial charge in [-0.1, -0.05) is 0 Å². The van der Waals surface area contributed by atoms with Crippen LogP contribution in [0.15, 0.2) is 0 Å². The van der Waals surface area contributed by atoms with Gasteiger partial charge in [0.2, 0.25) is 5.28 Å². The zero-order valence-electron chi connectivity index (χ0n) is 15.0. The van der Waals surface area contributed by atoms with E-state index in [4.69, 9.17) is 21.1 Å². The molecule has 0 aliphatic carbocycles. The maximum absolute atomic E-state index is 12.4. The van der Waals surface area contributed by atoms with E-state index in [1.54, 1.807) is 0 Å². The summed E-state index contributed by atoms with van der Waals surface area (Å²) in [6, 6.07) is 0. The minimum Gasteiger partial charge on any atom is -0.481 e. The highest BCUT2D eigenvalue weighted by Gasteiger charge is 2.28. The second-order valence-electron chi connectivity index (χ2n) is 6.28. The number of aromatic nitrogens is 2. The molecule has 1 fully saturated rings. The number of methoxy groups -OCH3 is 1. The molecule has 27 heavy (non-hydrogen) atoms. The molecule has 0 amide bonds. The van der Waals surface area contributed by atoms with Gasteiger partial charge in [-0.25, -0.2) is 9.78 Å². The summed E-state index contributed by atoms with van der Waals surface area (Å²) in [6.45, 7) is 3.44. The van der Waals surface area contributed by atoms with Gasteiger partial charge in [0.15, 0.2) is 0 Å². The Labute approximate surface area is 165 Å². The number of carboxylic acid groups (broad SMARTS) is 1. The zero-order valence-corrected chi connectivity index (χ0v) is 16.6. The molecule has 1 aliphatic heterocycles. The minimum atomic E-state index is -0.770. The highest BCUT2D eigenvalue weighted by atomic mass is 35.5. The molecule has 146 valence electrons. The number of hydrogen-bond donors (Lipinski definition) is 1. The van der Waals surface area contributed by atoms with Crippen molar-refractivity contribution in [2.24, 2.45) is 5.92 Å². The van der Waals surface area contributed by atoms with Crippen LogP contribution >= 0.6 is 22.9 Å². The van der Waals surface area contributed by atoms with E-state index in [0.29, 0.717) is 48.1 Å². The van der Waals surface area contributed by atoms with E-state index in [-0.39, 0.29) is 17.8 Å². The highest BCUT2D eigenvalue weighted by molar-refractivity contribution is 7.20. The number of thiophene rings is 1. The van der Waals surface area contributed by atoms with Crippen LogP contribution in [0, 0.1) is 12.8 Å². The highest BCUT2D eigenvalue weighted by Crippen LogP contribution is 2.37. The van der Waals surface area contributed by atoms with Gasteiger partial charge >= 0.3 is 11.9 Å². The number of nitrogens with zero attached hydrogens (tertiary/aromatic N) is 3. The van der Waals surface area contributed by atoms with Gasteiger partial charge < -0.3 is 19.5 Å². The van der Waals surface area contributed by atoms with Crippen molar-refractivity contribution in [2.45, 2.75) is 19.8 Å². The smallest absolute Gasteiger partial charge is 0.348 e. The number of rotatable bonds is 6. The number of aliphatic carboxylic acids is 1. The van der Waals surface area contributed by atoms with Crippen molar-refractivity contribution < 1.29 is 24.2 Å². The number of ether oxygens (including phenoxy) is 2. The Balaban J connectivity index is 1.92. The molecule has 3 rings (SSSR count). The predicted octanol–water partition coefficient (Wildman–Crippen LogP) is 2.76. The van der Waals surface area contributed by atoms with Crippen LogP contribution in [0.5, 0.6) is 0 Å². The Bertz CT molecular complexity index is 864. The standard InChI is InChI=1S/C17H20ClN3O5S/c1-9-11-13(21-5-3-10(4-6-21)15(22)23)19-17(18)20-14(11)27-12(9)16(24)26-8-7-25-2/h10H,3-8H2,1-2H3,(H,22,23). The first-order valence-electron chi connectivity index (χ1n) is 8.52. The Morgan fingerprint density at radius 1 is 1.30 bits per heavy atom. The van der Waals surface area contributed by atoms with Gasteiger partial charge in [-0.3, -0.25) is 4.79 Å². The Morgan fingerprint density at radius 3 is 2.63 bits per heavy atom. The molecule has 0 unspecified atom stereocenters. The molecule has 10 heteroatoms. The predicted molar refractivity (Wildman–Crippen MR) is 102 cm³/mol. The maximum Gasteiger partial charge on any atom is 0.348 e. The molecule has 0 spiro atoms. The number of fused-ring (bicyclic) bond motifs is 1. The topological polar surface area (TPSA) is 102 Å². The van der Waals surface area contributed by atoms with Crippen molar-refractivity contribution in [2.75, 3.05) is 38.3 Å². The fourth-order valence-corrected chi connectivity index (χ4v) is 4.42. The van der Waals surface area contributed by atoms with E-state index < -0.39 is 11.9 Å². The third kappa shape index (κ3) is 4.15. The number of halogens is 1. The van der Waals surface area contributed by atoms with Crippen LogP contribution in [0.4, 0.5) is 5.82 Å². The lowest BCUT2D eigenvalue weighted by atomic mass is 9.97. The van der Waals surface area contributed by atoms with Crippen molar-refractivity contribution in [1.82, 2.24) is 9.97 Å². The Kier molecular flexibility index (Phi) is 6.13. The van der Waals surface area contributed by atoms with Gasteiger partial charge in [-0.15, -0.1) is 11.3 Å². The number of carbonyl (C=O) groups is 2. The molecule has 0 atom stereocenters. The van der Waals surface area contributed by atoms with Gasteiger partial charge in [0.05, 0.1) is 17.9 Å². The molecule has 1 saturated heterocycles. The summed E-state index contributed by atoms with van der Waals surface area (Å²) in [5, 5.41) is 10.0. The molecule has 8 nitrogen and oxygen atoms in total. The van der Waals surface area contributed by atoms with Crippen LogP contribution in [0.1, 0.15) is 28.1 Å². The molecule has 0 bridgehead atoms. The van der Waals surface area contributed by atoms with Gasteiger partial charge in [-0.2, -0.15) is 4.98 Å². The fraction of sp³-hybridized carbons (Fsp3) is 0.529. The lowest BCUT2D eigenvalue weighted by molar-refractivity contribution is -0.142. The molecular formula is C17H20ClN3O5S. The number of piperidine rings is 1. The summed E-state index contributed by atoms with van der Waals surface area (Å²) >= 11 is 7.31. The van der Waals surface area contributed by atoms with E-state index >= 15 is 0 Å². The fourth-order valence-electron chi connectivity index (χ4n) is 3.14. The van der Waals surface area contributed by atoms with Gasteiger partial charge in [0, 0.05) is 20.2 Å². The molecule has 2 aromatic rings. The molecular weight excluding hydrogens is 394 g/mol. The minimum absolute atomic E-state index is 0.0957. The van der Waals surface area contributed by atoms with Crippen molar-refractivity contribution in [3.8, 4) is 0 Å². The number of carboxylic acids is 1. The molecule has 1 N–H and O–H groups in total.